The van der Waals surface area contributed by atoms with Crippen molar-refractivity contribution >= 4 is 20.3 Å². The number of likely N-dealkylation sites (N-methyl/N-ethyl adjacent to an activating group) is 1. The Hall–Kier alpha value is 0.407. The molecule has 0 aromatic heterocycles. The largest absolute Gasteiger partial charge is 0.393 e. The van der Waals surface area contributed by atoms with Gasteiger partial charge in [0.25, 0.3) is 0 Å². The monoisotopic (exact) mass is 304 g/mol. The molecule has 0 radical (unpaired) electrons. The van der Waals surface area contributed by atoms with Gasteiger partial charge in [-0.25, -0.2) is 0 Å². The van der Waals surface area contributed by atoms with E-state index in [1.54, 1.807) is 0 Å². The van der Waals surface area contributed by atoms with E-state index in [0.29, 0.717) is 0 Å². The molecular formula is C13H28N2O2SSi. The maximum absolute atomic E-state index is 6.05. The second kappa shape index (κ2) is 8.00. The van der Waals surface area contributed by atoms with E-state index in [2.05, 4.69) is 23.4 Å². The summed E-state index contributed by atoms with van der Waals surface area (Å²) in [5.74, 6) is 2.26. The van der Waals surface area contributed by atoms with E-state index < -0.39 is 8.56 Å². The molecule has 2 fully saturated rings. The van der Waals surface area contributed by atoms with Crippen LogP contribution in [0.5, 0.6) is 0 Å². The molecule has 0 amide bonds. The van der Waals surface area contributed by atoms with Crippen LogP contribution in [-0.2, 0) is 8.85 Å². The third-order valence-electron chi connectivity index (χ3n) is 3.97. The molecule has 19 heavy (non-hydrogen) atoms. The molecule has 2 rings (SSSR count). The lowest BCUT2D eigenvalue weighted by Gasteiger charge is -2.33. The third-order valence-corrected chi connectivity index (χ3v) is 7.77. The molecule has 2 aliphatic heterocycles. The summed E-state index contributed by atoms with van der Waals surface area (Å²) in [6, 6.07) is 1.14. The Labute approximate surface area is 123 Å². The summed E-state index contributed by atoms with van der Waals surface area (Å²) in [5.41, 5.74) is 0. The summed E-state index contributed by atoms with van der Waals surface area (Å²) in [6.45, 7) is 10.0. The molecule has 2 heterocycles. The van der Waals surface area contributed by atoms with Crippen molar-refractivity contribution in [3.8, 4) is 0 Å². The summed E-state index contributed by atoms with van der Waals surface area (Å²) < 4.78 is 12.1. The minimum atomic E-state index is -1.87. The number of hydrogen-bond donors (Lipinski definition) is 0. The van der Waals surface area contributed by atoms with Gasteiger partial charge in [-0.15, -0.1) is 0 Å². The first-order valence-electron chi connectivity index (χ1n) is 7.44. The van der Waals surface area contributed by atoms with Crippen LogP contribution in [0.15, 0.2) is 0 Å². The second-order valence-corrected chi connectivity index (χ2v) is 10.3. The summed E-state index contributed by atoms with van der Waals surface area (Å²) in [7, 11) is 0.340. The standard InChI is InChI=1S/C13H28N2O2SSi/c1-14-5-7-15(8-6-14)4-3-13-19(2)16-9-11-18-12-10-17-19/h3-13H2,1-2H3. The molecule has 0 aliphatic carbocycles. The Morgan fingerprint density at radius 1 is 1.05 bits per heavy atom. The van der Waals surface area contributed by atoms with Crippen molar-refractivity contribution in [2.75, 3.05) is 64.5 Å². The number of rotatable bonds is 4. The molecule has 2 saturated heterocycles. The minimum Gasteiger partial charge on any atom is -0.393 e. The average Bonchev–Trinajstić information content (AvgIpc) is 2.37. The predicted octanol–water partition coefficient (Wildman–Crippen LogP) is 1.48. The molecule has 0 bridgehead atoms. The number of nitrogens with zero attached hydrogens (tertiary/aromatic N) is 2. The summed E-state index contributed by atoms with van der Waals surface area (Å²) in [5, 5.41) is 0. The summed E-state index contributed by atoms with van der Waals surface area (Å²) in [6.07, 6.45) is 1.22. The van der Waals surface area contributed by atoms with Crippen LogP contribution in [0, 0.1) is 0 Å². The van der Waals surface area contributed by atoms with Crippen molar-refractivity contribution in [2.45, 2.75) is 19.0 Å². The fraction of sp³-hybridized carbons (Fsp3) is 1.00. The van der Waals surface area contributed by atoms with Gasteiger partial charge in [0, 0.05) is 50.9 Å². The summed E-state index contributed by atoms with van der Waals surface area (Å²) in [4.78, 5) is 4.99. The van der Waals surface area contributed by atoms with Gasteiger partial charge in [0.2, 0.25) is 0 Å². The van der Waals surface area contributed by atoms with E-state index in [-0.39, 0.29) is 0 Å². The lowest BCUT2D eigenvalue weighted by atomic mass is 10.3. The summed E-state index contributed by atoms with van der Waals surface area (Å²) >= 11 is 1.94. The molecule has 0 N–H and O–H groups in total. The Balaban J connectivity index is 1.65. The van der Waals surface area contributed by atoms with Gasteiger partial charge in [0.1, 0.15) is 0 Å². The number of hydrogen-bond acceptors (Lipinski definition) is 5. The van der Waals surface area contributed by atoms with Crippen LogP contribution >= 0.6 is 11.8 Å². The van der Waals surface area contributed by atoms with E-state index in [1.165, 1.54) is 39.1 Å². The van der Waals surface area contributed by atoms with E-state index >= 15 is 0 Å². The zero-order valence-corrected chi connectivity index (χ0v) is 14.2. The van der Waals surface area contributed by atoms with Crippen LogP contribution in [0.2, 0.25) is 12.6 Å². The quantitative estimate of drug-likeness (QED) is 0.733. The van der Waals surface area contributed by atoms with Gasteiger partial charge >= 0.3 is 8.56 Å². The lowest BCUT2D eigenvalue weighted by molar-refractivity contribution is 0.150. The smallest absolute Gasteiger partial charge is 0.335 e. The van der Waals surface area contributed by atoms with Crippen LogP contribution in [0.3, 0.4) is 0 Å². The topological polar surface area (TPSA) is 24.9 Å². The van der Waals surface area contributed by atoms with Crippen molar-refractivity contribution < 1.29 is 8.85 Å². The van der Waals surface area contributed by atoms with Crippen molar-refractivity contribution in [2.24, 2.45) is 0 Å². The van der Waals surface area contributed by atoms with Gasteiger partial charge in [-0.3, -0.25) is 0 Å². The van der Waals surface area contributed by atoms with Gasteiger partial charge in [-0.1, -0.05) is 0 Å². The maximum Gasteiger partial charge on any atom is 0.335 e. The van der Waals surface area contributed by atoms with E-state index in [0.717, 1.165) is 30.8 Å². The fourth-order valence-electron chi connectivity index (χ4n) is 2.62. The molecule has 0 aromatic carbocycles. The fourth-order valence-corrected chi connectivity index (χ4v) is 5.76. The van der Waals surface area contributed by atoms with Crippen molar-refractivity contribution in [3.63, 3.8) is 0 Å². The molecule has 0 spiro atoms. The van der Waals surface area contributed by atoms with E-state index in [9.17, 15) is 0 Å². The Kier molecular flexibility index (Phi) is 6.65. The maximum atomic E-state index is 6.05. The van der Waals surface area contributed by atoms with Gasteiger partial charge in [0.05, 0.1) is 0 Å². The Morgan fingerprint density at radius 3 is 2.32 bits per heavy atom. The number of piperazine rings is 1. The molecule has 0 atom stereocenters. The first kappa shape index (κ1) is 15.8. The highest BCUT2D eigenvalue weighted by atomic mass is 32.2. The molecule has 6 heteroatoms. The van der Waals surface area contributed by atoms with Crippen LogP contribution in [0.4, 0.5) is 0 Å². The van der Waals surface area contributed by atoms with Gasteiger partial charge in [-0.2, -0.15) is 11.8 Å². The molecule has 4 nitrogen and oxygen atoms in total. The molecule has 0 saturated carbocycles. The van der Waals surface area contributed by atoms with Crippen LogP contribution in [0.1, 0.15) is 6.42 Å². The molecule has 0 aromatic rings. The van der Waals surface area contributed by atoms with E-state index in [4.69, 9.17) is 8.85 Å². The van der Waals surface area contributed by atoms with Crippen molar-refractivity contribution in [3.05, 3.63) is 0 Å². The Bertz CT molecular complexity index is 255. The SMILES string of the molecule is CN1CCN(CCC[Si]2(C)OCCSCCO2)CC1. The van der Waals surface area contributed by atoms with Crippen LogP contribution < -0.4 is 0 Å². The minimum absolute atomic E-state index is 0.877. The van der Waals surface area contributed by atoms with Gasteiger partial charge < -0.3 is 18.7 Å². The van der Waals surface area contributed by atoms with E-state index in [1.807, 2.05) is 11.8 Å². The second-order valence-electron chi connectivity index (χ2n) is 5.69. The van der Waals surface area contributed by atoms with Crippen molar-refractivity contribution in [1.82, 2.24) is 9.80 Å². The lowest BCUT2D eigenvalue weighted by Crippen LogP contribution is -2.46. The average molecular weight is 305 g/mol. The normalized spacial score (nSPS) is 26.8. The van der Waals surface area contributed by atoms with Gasteiger partial charge in [0.15, 0.2) is 0 Å². The highest BCUT2D eigenvalue weighted by molar-refractivity contribution is 7.99. The zero-order valence-electron chi connectivity index (χ0n) is 12.4. The first-order chi connectivity index (χ1) is 9.18. The Morgan fingerprint density at radius 2 is 1.68 bits per heavy atom. The number of thioether (sulfide) groups is 1. The molecule has 112 valence electrons. The van der Waals surface area contributed by atoms with Crippen molar-refractivity contribution in [1.29, 1.82) is 0 Å². The third kappa shape index (κ3) is 5.73. The predicted molar refractivity (Wildman–Crippen MR) is 84.2 cm³/mol. The van der Waals surface area contributed by atoms with Crippen LogP contribution in [-0.4, -0.2) is 82.9 Å². The van der Waals surface area contributed by atoms with Crippen LogP contribution in [0.25, 0.3) is 0 Å². The molecule has 0 unspecified atom stereocenters. The zero-order chi connectivity index (χ0) is 13.6. The highest BCUT2D eigenvalue weighted by Gasteiger charge is 2.32. The molecule has 2 aliphatic rings. The highest BCUT2D eigenvalue weighted by Crippen LogP contribution is 2.20. The first-order valence-corrected chi connectivity index (χ1v) is 11.1. The van der Waals surface area contributed by atoms with Gasteiger partial charge in [-0.05, 0) is 32.6 Å². The molecular weight excluding hydrogens is 276 g/mol.